The molecule has 2 heterocycles. The number of piperidine rings is 1. The van der Waals surface area contributed by atoms with Crippen LogP contribution >= 0.6 is 15.9 Å². The minimum Gasteiger partial charge on any atom is -0.356 e. The number of halogens is 2. The van der Waals surface area contributed by atoms with Crippen molar-refractivity contribution < 1.29 is 4.39 Å². The molecule has 122 valence electrons. The highest BCUT2D eigenvalue weighted by Gasteiger charge is 2.24. The second-order valence-electron chi connectivity index (χ2n) is 6.14. The van der Waals surface area contributed by atoms with Gasteiger partial charge in [-0.2, -0.15) is 0 Å². The van der Waals surface area contributed by atoms with E-state index in [2.05, 4.69) is 36.9 Å². The van der Waals surface area contributed by atoms with Crippen LogP contribution in [0.1, 0.15) is 24.3 Å². The zero-order valence-electron chi connectivity index (χ0n) is 13.1. The SMILES string of the molecule is Fc1ccccc1C1CCN(c2ncnc3ccc(Br)cc23)CC1. The lowest BCUT2D eigenvalue weighted by molar-refractivity contribution is 0.480. The molecule has 0 bridgehead atoms. The summed E-state index contributed by atoms with van der Waals surface area (Å²) < 4.78 is 15.0. The Kier molecular flexibility index (Phi) is 4.19. The molecule has 1 fully saturated rings. The molecule has 1 saturated heterocycles. The van der Waals surface area contributed by atoms with Crippen molar-refractivity contribution in [3.8, 4) is 0 Å². The predicted octanol–water partition coefficient (Wildman–Crippen LogP) is 4.92. The van der Waals surface area contributed by atoms with E-state index in [9.17, 15) is 4.39 Å². The van der Waals surface area contributed by atoms with Crippen molar-refractivity contribution in [2.45, 2.75) is 18.8 Å². The van der Waals surface area contributed by atoms with E-state index in [1.165, 1.54) is 0 Å². The van der Waals surface area contributed by atoms with Crippen LogP contribution in [0.15, 0.2) is 53.3 Å². The Morgan fingerprint density at radius 2 is 1.83 bits per heavy atom. The van der Waals surface area contributed by atoms with E-state index in [-0.39, 0.29) is 11.7 Å². The van der Waals surface area contributed by atoms with Crippen LogP contribution < -0.4 is 4.90 Å². The van der Waals surface area contributed by atoms with Crippen LogP contribution in [0.4, 0.5) is 10.2 Å². The average Bonchev–Trinajstić information content (AvgIpc) is 2.62. The fraction of sp³-hybridized carbons (Fsp3) is 0.263. The molecule has 0 atom stereocenters. The lowest BCUT2D eigenvalue weighted by Crippen LogP contribution is -2.33. The summed E-state index contributed by atoms with van der Waals surface area (Å²) in [4.78, 5) is 11.1. The molecule has 2 aromatic carbocycles. The smallest absolute Gasteiger partial charge is 0.139 e. The molecular formula is C19H17BrFN3. The first-order valence-corrected chi connectivity index (χ1v) is 8.91. The van der Waals surface area contributed by atoms with Crippen LogP contribution in [0.2, 0.25) is 0 Å². The van der Waals surface area contributed by atoms with Crippen LogP contribution in [-0.2, 0) is 0 Å². The Bertz CT molecular complexity index is 875. The Hall–Kier alpha value is -2.01. The third kappa shape index (κ3) is 2.88. The molecule has 0 saturated carbocycles. The second-order valence-corrected chi connectivity index (χ2v) is 7.06. The van der Waals surface area contributed by atoms with Gasteiger partial charge in [-0.25, -0.2) is 14.4 Å². The molecular weight excluding hydrogens is 369 g/mol. The molecule has 0 amide bonds. The molecule has 0 spiro atoms. The van der Waals surface area contributed by atoms with Crippen molar-refractivity contribution in [3.63, 3.8) is 0 Å². The fourth-order valence-corrected chi connectivity index (χ4v) is 3.84. The third-order valence-corrected chi connectivity index (χ3v) is 5.21. The molecule has 3 nitrogen and oxygen atoms in total. The summed E-state index contributed by atoms with van der Waals surface area (Å²) >= 11 is 3.52. The number of benzene rings is 2. The molecule has 3 aromatic rings. The van der Waals surface area contributed by atoms with Crippen molar-refractivity contribution >= 4 is 32.7 Å². The van der Waals surface area contributed by atoms with E-state index < -0.39 is 0 Å². The first-order chi connectivity index (χ1) is 11.7. The van der Waals surface area contributed by atoms with Gasteiger partial charge in [0.25, 0.3) is 0 Å². The zero-order valence-corrected chi connectivity index (χ0v) is 14.7. The lowest BCUT2D eigenvalue weighted by Gasteiger charge is -2.33. The Morgan fingerprint density at radius 3 is 2.62 bits per heavy atom. The van der Waals surface area contributed by atoms with Crippen molar-refractivity contribution in [3.05, 3.63) is 64.6 Å². The van der Waals surface area contributed by atoms with Gasteiger partial charge in [-0.15, -0.1) is 0 Å². The van der Waals surface area contributed by atoms with Crippen LogP contribution in [-0.4, -0.2) is 23.1 Å². The van der Waals surface area contributed by atoms with Gasteiger partial charge in [0.2, 0.25) is 0 Å². The van der Waals surface area contributed by atoms with E-state index in [1.807, 2.05) is 24.3 Å². The monoisotopic (exact) mass is 385 g/mol. The van der Waals surface area contributed by atoms with Gasteiger partial charge in [0.1, 0.15) is 18.0 Å². The molecule has 5 heteroatoms. The quantitative estimate of drug-likeness (QED) is 0.626. The highest BCUT2D eigenvalue weighted by Crippen LogP contribution is 2.33. The van der Waals surface area contributed by atoms with Crippen molar-refractivity contribution in [1.29, 1.82) is 0 Å². The molecule has 4 rings (SSSR count). The van der Waals surface area contributed by atoms with E-state index in [4.69, 9.17) is 0 Å². The molecule has 0 radical (unpaired) electrons. The van der Waals surface area contributed by atoms with E-state index >= 15 is 0 Å². The highest BCUT2D eigenvalue weighted by atomic mass is 79.9. The summed E-state index contributed by atoms with van der Waals surface area (Å²) in [6.07, 6.45) is 3.48. The summed E-state index contributed by atoms with van der Waals surface area (Å²) in [5.41, 5.74) is 1.78. The average molecular weight is 386 g/mol. The normalized spacial score (nSPS) is 15.8. The van der Waals surface area contributed by atoms with E-state index in [0.717, 1.165) is 52.7 Å². The summed E-state index contributed by atoms with van der Waals surface area (Å²) in [5.74, 6) is 1.16. The van der Waals surface area contributed by atoms with E-state index in [1.54, 1.807) is 18.5 Å². The van der Waals surface area contributed by atoms with Gasteiger partial charge >= 0.3 is 0 Å². The van der Waals surface area contributed by atoms with Crippen molar-refractivity contribution in [1.82, 2.24) is 9.97 Å². The number of hydrogen-bond donors (Lipinski definition) is 0. The lowest BCUT2D eigenvalue weighted by atomic mass is 9.89. The summed E-state index contributed by atoms with van der Waals surface area (Å²) in [6, 6.07) is 13.2. The third-order valence-electron chi connectivity index (χ3n) is 4.72. The molecule has 0 N–H and O–H groups in total. The number of anilines is 1. The van der Waals surface area contributed by atoms with Gasteiger partial charge in [-0.05, 0) is 48.6 Å². The number of aromatic nitrogens is 2. The predicted molar refractivity (Wildman–Crippen MR) is 97.8 cm³/mol. The first-order valence-electron chi connectivity index (χ1n) is 8.12. The Morgan fingerprint density at radius 1 is 1.04 bits per heavy atom. The largest absolute Gasteiger partial charge is 0.356 e. The van der Waals surface area contributed by atoms with Gasteiger partial charge in [0, 0.05) is 22.9 Å². The van der Waals surface area contributed by atoms with Gasteiger partial charge in [0.15, 0.2) is 0 Å². The van der Waals surface area contributed by atoms with Crippen LogP contribution in [0.5, 0.6) is 0 Å². The molecule has 1 aliphatic heterocycles. The maximum absolute atomic E-state index is 14.0. The molecule has 1 aromatic heterocycles. The van der Waals surface area contributed by atoms with Gasteiger partial charge < -0.3 is 4.90 Å². The minimum absolute atomic E-state index is 0.0904. The number of rotatable bonds is 2. The maximum Gasteiger partial charge on any atom is 0.139 e. The number of hydrogen-bond acceptors (Lipinski definition) is 3. The minimum atomic E-state index is -0.0904. The van der Waals surface area contributed by atoms with Crippen molar-refractivity contribution in [2.24, 2.45) is 0 Å². The topological polar surface area (TPSA) is 29.0 Å². The standard InChI is InChI=1S/C19H17BrFN3/c20-14-5-6-18-16(11-14)19(23-12-22-18)24-9-7-13(8-10-24)15-3-1-2-4-17(15)21/h1-6,11-13H,7-10H2. The van der Waals surface area contributed by atoms with Crippen molar-refractivity contribution in [2.75, 3.05) is 18.0 Å². The Labute approximate surface area is 148 Å². The molecule has 24 heavy (non-hydrogen) atoms. The van der Waals surface area contributed by atoms with Crippen LogP contribution in [0.3, 0.4) is 0 Å². The molecule has 1 aliphatic rings. The zero-order chi connectivity index (χ0) is 16.5. The van der Waals surface area contributed by atoms with Gasteiger partial charge in [-0.3, -0.25) is 0 Å². The first kappa shape index (κ1) is 15.5. The Balaban J connectivity index is 1.58. The highest BCUT2D eigenvalue weighted by molar-refractivity contribution is 9.10. The second kappa shape index (κ2) is 6.48. The summed E-state index contributed by atoms with van der Waals surface area (Å²) in [5, 5.41) is 1.05. The fourth-order valence-electron chi connectivity index (χ4n) is 3.48. The summed E-state index contributed by atoms with van der Waals surface area (Å²) in [7, 11) is 0. The van der Waals surface area contributed by atoms with Crippen LogP contribution in [0.25, 0.3) is 10.9 Å². The van der Waals surface area contributed by atoms with Crippen LogP contribution in [0, 0.1) is 5.82 Å². The number of fused-ring (bicyclic) bond motifs is 1. The number of nitrogens with zero attached hydrogens (tertiary/aromatic N) is 3. The summed E-state index contributed by atoms with van der Waals surface area (Å²) in [6.45, 7) is 1.75. The molecule has 0 aliphatic carbocycles. The maximum atomic E-state index is 14.0. The van der Waals surface area contributed by atoms with E-state index in [0.29, 0.717) is 0 Å². The van der Waals surface area contributed by atoms with Gasteiger partial charge in [-0.1, -0.05) is 34.1 Å². The van der Waals surface area contributed by atoms with Gasteiger partial charge in [0.05, 0.1) is 5.52 Å². The molecule has 0 unspecified atom stereocenters.